The van der Waals surface area contributed by atoms with Gasteiger partial charge in [-0.2, -0.15) is 5.26 Å². The molecule has 96 valence electrons. The number of aliphatic hydroxyl groups excluding tert-OH is 1. The first kappa shape index (κ1) is 14.0. The summed E-state index contributed by atoms with van der Waals surface area (Å²) in [6.45, 7) is 3.72. The molecule has 0 radical (unpaired) electrons. The molecule has 0 heterocycles. The van der Waals surface area contributed by atoms with E-state index in [1.807, 2.05) is 19.9 Å². The summed E-state index contributed by atoms with van der Waals surface area (Å²) in [5, 5.41) is 23.1. The summed E-state index contributed by atoms with van der Waals surface area (Å²) in [4.78, 5) is 11.7. The number of nitrogens with one attached hydrogen (secondary N) is 2. The van der Waals surface area contributed by atoms with E-state index in [9.17, 15) is 4.79 Å². The molecule has 0 fully saturated rings. The molecule has 1 rings (SSSR count). The Morgan fingerprint density at radius 2 is 2.22 bits per heavy atom. The molecule has 2 amide bonds. The number of hydrogen-bond acceptors (Lipinski definition) is 3. The number of amides is 2. The van der Waals surface area contributed by atoms with E-state index < -0.39 is 6.03 Å². The number of aliphatic hydroxyl groups is 1. The van der Waals surface area contributed by atoms with Crippen molar-refractivity contribution < 1.29 is 9.90 Å². The molecule has 1 aromatic carbocycles. The van der Waals surface area contributed by atoms with Crippen LogP contribution in [0, 0.1) is 17.2 Å². The van der Waals surface area contributed by atoms with E-state index >= 15 is 0 Å². The zero-order valence-corrected chi connectivity index (χ0v) is 10.5. The van der Waals surface area contributed by atoms with Gasteiger partial charge in [0.2, 0.25) is 0 Å². The molecule has 3 N–H and O–H groups in total. The van der Waals surface area contributed by atoms with Gasteiger partial charge in [-0.15, -0.1) is 0 Å². The summed E-state index contributed by atoms with van der Waals surface area (Å²) in [6.07, 6.45) is 0. The Morgan fingerprint density at radius 1 is 1.50 bits per heavy atom. The van der Waals surface area contributed by atoms with Crippen molar-refractivity contribution in [2.75, 3.05) is 11.9 Å². The number of nitriles is 1. The third-order valence-corrected chi connectivity index (χ3v) is 2.57. The third kappa shape index (κ3) is 4.07. The zero-order valence-electron chi connectivity index (χ0n) is 10.5. The molecule has 0 saturated carbocycles. The van der Waals surface area contributed by atoms with Crippen LogP contribution in [0.2, 0.25) is 0 Å². The van der Waals surface area contributed by atoms with Gasteiger partial charge < -0.3 is 15.7 Å². The van der Waals surface area contributed by atoms with Crippen molar-refractivity contribution in [3.05, 3.63) is 29.8 Å². The lowest BCUT2D eigenvalue weighted by Gasteiger charge is -2.20. The monoisotopic (exact) mass is 247 g/mol. The summed E-state index contributed by atoms with van der Waals surface area (Å²) in [6, 6.07) is 7.96. The minimum Gasteiger partial charge on any atom is -0.394 e. The zero-order chi connectivity index (χ0) is 13.5. The molecule has 0 aromatic heterocycles. The molecular formula is C13H17N3O2. The van der Waals surface area contributed by atoms with Gasteiger partial charge in [0.15, 0.2) is 0 Å². The van der Waals surface area contributed by atoms with Crippen molar-refractivity contribution in [1.29, 1.82) is 5.26 Å². The van der Waals surface area contributed by atoms with E-state index in [1.54, 1.807) is 24.3 Å². The van der Waals surface area contributed by atoms with Crippen LogP contribution in [0.5, 0.6) is 0 Å². The molecule has 0 aliphatic heterocycles. The molecule has 0 aliphatic carbocycles. The third-order valence-electron chi connectivity index (χ3n) is 2.57. The van der Waals surface area contributed by atoms with Crippen LogP contribution in [-0.4, -0.2) is 23.8 Å². The molecular weight excluding hydrogens is 230 g/mol. The van der Waals surface area contributed by atoms with Gasteiger partial charge in [0, 0.05) is 5.69 Å². The summed E-state index contributed by atoms with van der Waals surface area (Å²) < 4.78 is 0. The highest BCUT2D eigenvalue weighted by Crippen LogP contribution is 2.09. The van der Waals surface area contributed by atoms with Gasteiger partial charge in [0.05, 0.1) is 24.3 Å². The van der Waals surface area contributed by atoms with E-state index in [2.05, 4.69) is 10.6 Å². The highest BCUT2D eigenvalue weighted by atomic mass is 16.3. The Balaban J connectivity index is 2.62. The molecule has 1 unspecified atom stereocenters. The maximum atomic E-state index is 11.7. The van der Waals surface area contributed by atoms with Crippen LogP contribution in [0.1, 0.15) is 19.4 Å². The van der Waals surface area contributed by atoms with Crippen LogP contribution in [0.15, 0.2) is 24.3 Å². The highest BCUT2D eigenvalue weighted by molar-refractivity contribution is 5.89. The van der Waals surface area contributed by atoms with Crippen LogP contribution in [0.3, 0.4) is 0 Å². The van der Waals surface area contributed by atoms with Crippen molar-refractivity contribution in [3.63, 3.8) is 0 Å². The Morgan fingerprint density at radius 3 is 2.78 bits per heavy atom. The second-order valence-corrected chi connectivity index (χ2v) is 4.32. The van der Waals surface area contributed by atoms with E-state index in [1.165, 1.54) is 0 Å². The van der Waals surface area contributed by atoms with Gasteiger partial charge in [0.25, 0.3) is 0 Å². The van der Waals surface area contributed by atoms with Crippen molar-refractivity contribution in [1.82, 2.24) is 5.32 Å². The van der Waals surface area contributed by atoms with Gasteiger partial charge in [-0.1, -0.05) is 19.9 Å². The molecule has 0 bridgehead atoms. The average molecular weight is 247 g/mol. The van der Waals surface area contributed by atoms with Crippen molar-refractivity contribution in [2.45, 2.75) is 19.9 Å². The van der Waals surface area contributed by atoms with Gasteiger partial charge in [0.1, 0.15) is 0 Å². The molecule has 0 spiro atoms. The van der Waals surface area contributed by atoms with Gasteiger partial charge >= 0.3 is 6.03 Å². The average Bonchev–Trinajstić information content (AvgIpc) is 2.35. The van der Waals surface area contributed by atoms with Crippen LogP contribution in [-0.2, 0) is 0 Å². The van der Waals surface area contributed by atoms with Gasteiger partial charge in [-0.3, -0.25) is 0 Å². The summed E-state index contributed by atoms with van der Waals surface area (Å²) in [7, 11) is 0. The quantitative estimate of drug-likeness (QED) is 0.757. The Bertz CT molecular complexity index is 452. The molecule has 1 aromatic rings. The molecule has 0 saturated heterocycles. The first-order chi connectivity index (χ1) is 8.56. The molecule has 18 heavy (non-hydrogen) atoms. The topological polar surface area (TPSA) is 85.2 Å². The fourth-order valence-corrected chi connectivity index (χ4v) is 1.43. The number of urea groups is 1. The molecule has 5 heteroatoms. The number of benzene rings is 1. The SMILES string of the molecule is CC(C)C(CO)NC(=O)Nc1cccc(C#N)c1. The first-order valence-corrected chi connectivity index (χ1v) is 5.75. The molecule has 5 nitrogen and oxygen atoms in total. The fourth-order valence-electron chi connectivity index (χ4n) is 1.43. The Hall–Kier alpha value is -2.06. The van der Waals surface area contributed by atoms with Crippen LogP contribution in [0.4, 0.5) is 10.5 Å². The second-order valence-electron chi connectivity index (χ2n) is 4.32. The number of carbonyl (C=O) groups is 1. The largest absolute Gasteiger partial charge is 0.394 e. The van der Waals surface area contributed by atoms with Gasteiger partial charge in [-0.05, 0) is 24.1 Å². The summed E-state index contributed by atoms with van der Waals surface area (Å²) >= 11 is 0. The number of anilines is 1. The summed E-state index contributed by atoms with van der Waals surface area (Å²) in [5.74, 6) is 0.145. The lowest BCUT2D eigenvalue weighted by Crippen LogP contribution is -2.43. The second kappa shape index (κ2) is 6.62. The van der Waals surface area contributed by atoms with Crippen molar-refractivity contribution in [3.8, 4) is 6.07 Å². The van der Waals surface area contributed by atoms with E-state index in [0.717, 1.165) is 0 Å². The minimum absolute atomic E-state index is 0.108. The number of rotatable bonds is 4. The van der Waals surface area contributed by atoms with Crippen molar-refractivity contribution >= 4 is 11.7 Å². The van der Waals surface area contributed by atoms with E-state index in [4.69, 9.17) is 10.4 Å². The lowest BCUT2D eigenvalue weighted by molar-refractivity contribution is 0.204. The van der Waals surface area contributed by atoms with E-state index in [-0.39, 0.29) is 18.6 Å². The smallest absolute Gasteiger partial charge is 0.319 e. The van der Waals surface area contributed by atoms with E-state index in [0.29, 0.717) is 11.3 Å². The predicted molar refractivity (Wildman–Crippen MR) is 69.0 cm³/mol. The maximum absolute atomic E-state index is 11.7. The summed E-state index contributed by atoms with van der Waals surface area (Å²) in [5.41, 5.74) is 1.03. The van der Waals surface area contributed by atoms with Crippen LogP contribution >= 0.6 is 0 Å². The van der Waals surface area contributed by atoms with Gasteiger partial charge in [-0.25, -0.2) is 4.79 Å². The Labute approximate surface area is 106 Å². The standard InChI is InChI=1S/C13H17N3O2/c1-9(2)12(8-17)16-13(18)15-11-5-3-4-10(6-11)7-14/h3-6,9,12,17H,8H2,1-2H3,(H2,15,16,18). The Kier molecular flexibility index (Phi) is 5.15. The first-order valence-electron chi connectivity index (χ1n) is 5.75. The van der Waals surface area contributed by atoms with Crippen LogP contribution < -0.4 is 10.6 Å². The normalized spacial score (nSPS) is 11.7. The number of nitrogens with zero attached hydrogens (tertiary/aromatic N) is 1. The van der Waals surface area contributed by atoms with Crippen molar-refractivity contribution in [2.24, 2.45) is 5.92 Å². The predicted octanol–water partition coefficient (Wildman–Crippen LogP) is 1.70. The minimum atomic E-state index is -0.391. The number of hydrogen-bond donors (Lipinski definition) is 3. The molecule has 0 aliphatic rings. The molecule has 1 atom stereocenters. The lowest BCUT2D eigenvalue weighted by atomic mass is 10.1. The fraction of sp³-hybridized carbons (Fsp3) is 0.385. The van der Waals surface area contributed by atoms with Crippen LogP contribution in [0.25, 0.3) is 0 Å². The maximum Gasteiger partial charge on any atom is 0.319 e. The highest BCUT2D eigenvalue weighted by Gasteiger charge is 2.14. The number of carbonyl (C=O) groups excluding carboxylic acids is 1.